The first-order chi connectivity index (χ1) is 9.16. The van der Waals surface area contributed by atoms with E-state index in [4.69, 9.17) is 0 Å². The van der Waals surface area contributed by atoms with Crippen molar-refractivity contribution in [3.8, 4) is 0 Å². The number of hydrogen-bond acceptors (Lipinski definition) is 3. The molecule has 1 saturated heterocycles. The highest BCUT2D eigenvalue weighted by molar-refractivity contribution is 4.81. The van der Waals surface area contributed by atoms with Gasteiger partial charge in [-0.05, 0) is 52.6 Å². The minimum absolute atomic E-state index is 0.191. The van der Waals surface area contributed by atoms with Crippen LogP contribution in [-0.2, 0) is 0 Å². The lowest BCUT2D eigenvalue weighted by Crippen LogP contribution is -2.43. The summed E-state index contributed by atoms with van der Waals surface area (Å²) in [5.74, 6) is 0. The van der Waals surface area contributed by atoms with Gasteiger partial charge in [0, 0.05) is 25.2 Å². The summed E-state index contributed by atoms with van der Waals surface area (Å²) in [6, 6.07) is 1.51. The van der Waals surface area contributed by atoms with Crippen LogP contribution in [0.25, 0.3) is 0 Å². The predicted octanol–water partition coefficient (Wildman–Crippen LogP) is 2.49. The Bertz CT molecular complexity index is 251. The van der Waals surface area contributed by atoms with Gasteiger partial charge in [-0.15, -0.1) is 0 Å². The highest BCUT2D eigenvalue weighted by Crippen LogP contribution is 2.24. The molecule has 0 aromatic carbocycles. The zero-order chi connectivity index (χ0) is 13.7. The summed E-state index contributed by atoms with van der Waals surface area (Å²) in [5.41, 5.74) is 0. The van der Waals surface area contributed by atoms with E-state index < -0.39 is 0 Å². The Balaban J connectivity index is 1.82. The molecule has 1 N–H and O–H groups in total. The maximum absolute atomic E-state index is 9.75. The van der Waals surface area contributed by atoms with Gasteiger partial charge in [-0.1, -0.05) is 19.3 Å². The minimum atomic E-state index is -0.191. The summed E-state index contributed by atoms with van der Waals surface area (Å²) in [6.45, 7) is 5.23. The first-order valence-corrected chi connectivity index (χ1v) is 8.29. The first kappa shape index (κ1) is 15.3. The van der Waals surface area contributed by atoms with E-state index >= 15 is 0 Å². The van der Waals surface area contributed by atoms with Crippen molar-refractivity contribution in [1.82, 2.24) is 9.80 Å². The van der Waals surface area contributed by atoms with Gasteiger partial charge in [0.2, 0.25) is 0 Å². The van der Waals surface area contributed by atoms with Gasteiger partial charge >= 0.3 is 0 Å². The molecule has 3 heteroatoms. The smallest absolute Gasteiger partial charge is 0.0639 e. The van der Waals surface area contributed by atoms with E-state index in [9.17, 15) is 5.11 Å². The van der Waals surface area contributed by atoms with Crippen LogP contribution in [0, 0.1) is 0 Å². The fraction of sp³-hybridized carbons (Fsp3) is 1.00. The molecule has 2 aliphatic rings. The summed E-state index contributed by atoms with van der Waals surface area (Å²) in [5, 5.41) is 9.75. The quantitative estimate of drug-likeness (QED) is 0.802. The summed E-state index contributed by atoms with van der Waals surface area (Å²) < 4.78 is 0. The third kappa shape index (κ3) is 4.73. The molecule has 2 rings (SSSR count). The molecule has 3 nitrogen and oxygen atoms in total. The van der Waals surface area contributed by atoms with Crippen LogP contribution in [-0.4, -0.2) is 59.8 Å². The third-order valence-electron chi connectivity index (χ3n) is 5.01. The van der Waals surface area contributed by atoms with Crippen LogP contribution < -0.4 is 0 Å². The van der Waals surface area contributed by atoms with E-state index in [1.165, 1.54) is 64.5 Å². The number of likely N-dealkylation sites (tertiary alicyclic amines) is 1. The molecule has 1 saturated carbocycles. The number of rotatable bonds is 6. The van der Waals surface area contributed by atoms with Crippen LogP contribution in [0.3, 0.4) is 0 Å². The monoisotopic (exact) mass is 268 g/mol. The molecule has 19 heavy (non-hydrogen) atoms. The molecule has 1 aliphatic heterocycles. The number of nitrogens with zero attached hydrogens (tertiary/aromatic N) is 2. The van der Waals surface area contributed by atoms with Crippen molar-refractivity contribution < 1.29 is 5.11 Å². The van der Waals surface area contributed by atoms with Gasteiger partial charge < -0.3 is 10.0 Å². The Kier molecular flexibility index (Phi) is 6.11. The molecular weight excluding hydrogens is 236 g/mol. The van der Waals surface area contributed by atoms with Crippen LogP contribution >= 0.6 is 0 Å². The van der Waals surface area contributed by atoms with Gasteiger partial charge in [0.15, 0.2) is 0 Å². The molecule has 0 radical (unpaired) electrons. The Labute approximate surface area is 119 Å². The minimum Gasteiger partial charge on any atom is -0.392 e. The van der Waals surface area contributed by atoms with Gasteiger partial charge in [-0.3, -0.25) is 4.90 Å². The summed E-state index contributed by atoms with van der Waals surface area (Å²) in [4.78, 5) is 5.09. The SMILES string of the molecule is CC(O)CN(CCC1CCCN1C)C1CCCCC1. The maximum atomic E-state index is 9.75. The van der Waals surface area contributed by atoms with Crippen LogP contribution in [0.1, 0.15) is 58.3 Å². The lowest BCUT2D eigenvalue weighted by molar-refractivity contribution is 0.0761. The molecule has 2 atom stereocenters. The zero-order valence-electron chi connectivity index (χ0n) is 12.9. The van der Waals surface area contributed by atoms with E-state index in [-0.39, 0.29) is 6.10 Å². The van der Waals surface area contributed by atoms with Crippen molar-refractivity contribution in [1.29, 1.82) is 0 Å². The van der Waals surface area contributed by atoms with Gasteiger partial charge in [-0.2, -0.15) is 0 Å². The fourth-order valence-corrected chi connectivity index (χ4v) is 3.87. The van der Waals surface area contributed by atoms with Gasteiger partial charge in [-0.25, -0.2) is 0 Å². The lowest BCUT2D eigenvalue weighted by atomic mass is 9.93. The Morgan fingerprint density at radius 2 is 1.89 bits per heavy atom. The van der Waals surface area contributed by atoms with E-state index in [1.54, 1.807) is 0 Å². The fourth-order valence-electron chi connectivity index (χ4n) is 3.87. The average molecular weight is 268 g/mol. The van der Waals surface area contributed by atoms with Gasteiger partial charge in [0.25, 0.3) is 0 Å². The maximum Gasteiger partial charge on any atom is 0.0639 e. The second kappa shape index (κ2) is 7.61. The molecule has 2 fully saturated rings. The number of hydrogen-bond donors (Lipinski definition) is 1. The summed E-state index contributed by atoms with van der Waals surface area (Å²) in [6.07, 6.45) is 10.7. The molecule has 0 aromatic rings. The second-order valence-corrected chi connectivity index (χ2v) is 6.70. The van der Waals surface area contributed by atoms with Crippen molar-refractivity contribution in [3.63, 3.8) is 0 Å². The zero-order valence-corrected chi connectivity index (χ0v) is 12.9. The van der Waals surface area contributed by atoms with E-state index in [1.807, 2.05) is 6.92 Å². The van der Waals surface area contributed by atoms with Crippen LogP contribution in [0.5, 0.6) is 0 Å². The van der Waals surface area contributed by atoms with Crippen LogP contribution in [0.2, 0.25) is 0 Å². The molecule has 0 bridgehead atoms. The van der Waals surface area contributed by atoms with Crippen molar-refractivity contribution in [2.45, 2.75) is 76.5 Å². The Morgan fingerprint density at radius 1 is 1.16 bits per heavy atom. The molecule has 2 unspecified atom stereocenters. The average Bonchev–Trinajstić information content (AvgIpc) is 2.81. The molecule has 1 aliphatic carbocycles. The Morgan fingerprint density at radius 3 is 2.47 bits per heavy atom. The van der Waals surface area contributed by atoms with Crippen molar-refractivity contribution in [3.05, 3.63) is 0 Å². The molecule has 0 amide bonds. The number of aliphatic hydroxyl groups excluding tert-OH is 1. The van der Waals surface area contributed by atoms with Crippen molar-refractivity contribution in [2.24, 2.45) is 0 Å². The first-order valence-electron chi connectivity index (χ1n) is 8.29. The lowest BCUT2D eigenvalue weighted by Gasteiger charge is -2.36. The topological polar surface area (TPSA) is 26.7 Å². The highest BCUT2D eigenvalue weighted by Gasteiger charge is 2.25. The van der Waals surface area contributed by atoms with Crippen molar-refractivity contribution in [2.75, 3.05) is 26.7 Å². The third-order valence-corrected chi connectivity index (χ3v) is 5.01. The van der Waals surface area contributed by atoms with Crippen molar-refractivity contribution >= 4 is 0 Å². The van der Waals surface area contributed by atoms with E-state index in [0.717, 1.165) is 18.6 Å². The molecule has 0 aromatic heterocycles. The molecule has 0 spiro atoms. The number of aliphatic hydroxyl groups is 1. The normalized spacial score (nSPS) is 28.1. The van der Waals surface area contributed by atoms with Gasteiger partial charge in [0.1, 0.15) is 0 Å². The van der Waals surface area contributed by atoms with Crippen LogP contribution in [0.15, 0.2) is 0 Å². The summed E-state index contributed by atoms with van der Waals surface area (Å²) in [7, 11) is 2.26. The standard InChI is InChI=1S/C16H32N2O/c1-14(19)13-18(16-7-4-3-5-8-16)12-10-15-9-6-11-17(15)2/h14-16,19H,3-13H2,1-2H3. The molecule has 112 valence electrons. The van der Waals surface area contributed by atoms with E-state index in [2.05, 4.69) is 16.8 Å². The predicted molar refractivity (Wildman–Crippen MR) is 80.4 cm³/mol. The highest BCUT2D eigenvalue weighted by atomic mass is 16.3. The summed E-state index contributed by atoms with van der Waals surface area (Å²) >= 11 is 0. The molecular formula is C16H32N2O. The Hall–Kier alpha value is -0.120. The second-order valence-electron chi connectivity index (χ2n) is 6.70. The molecule has 1 heterocycles. The van der Waals surface area contributed by atoms with Crippen LogP contribution in [0.4, 0.5) is 0 Å². The van der Waals surface area contributed by atoms with E-state index in [0.29, 0.717) is 0 Å². The largest absolute Gasteiger partial charge is 0.392 e. The van der Waals surface area contributed by atoms with Gasteiger partial charge in [0.05, 0.1) is 6.10 Å².